The topological polar surface area (TPSA) is 56.0 Å². The number of halogens is 1. The molecule has 2 N–H and O–H groups in total. The third-order valence-corrected chi connectivity index (χ3v) is 5.12. The zero-order valence-electron chi connectivity index (χ0n) is 11.1. The first kappa shape index (κ1) is 14.0. The Morgan fingerprint density at radius 3 is 2.71 bits per heavy atom. The van der Waals surface area contributed by atoms with Gasteiger partial charge in [-0.1, -0.05) is 29.8 Å². The molecule has 0 saturated carbocycles. The molecule has 0 amide bonds. The summed E-state index contributed by atoms with van der Waals surface area (Å²) in [5, 5.41) is 1.40. The maximum atomic E-state index is 12.5. The molecule has 3 nitrogen and oxygen atoms in total. The second-order valence-electron chi connectivity index (χ2n) is 4.63. The summed E-state index contributed by atoms with van der Waals surface area (Å²) in [6, 6.07) is 14.6. The van der Waals surface area contributed by atoms with Crippen molar-refractivity contribution in [3.05, 3.63) is 65.3 Å². The molecule has 1 atom stereocenters. The van der Waals surface area contributed by atoms with Crippen LogP contribution in [0.2, 0.25) is 5.02 Å². The van der Waals surface area contributed by atoms with Gasteiger partial charge in [0.15, 0.2) is 0 Å². The lowest BCUT2D eigenvalue weighted by molar-refractivity contribution is 0.683. The number of nitrogen functional groups attached to an aromatic ring is 1. The van der Waals surface area contributed by atoms with Gasteiger partial charge in [-0.2, -0.15) is 0 Å². The van der Waals surface area contributed by atoms with Crippen molar-refractivity contribution in [2.24, 2.45) is 0 Å². The second kappa shape index (κ2) is 5.84. The minimum absolute atomic E-state index is 0.359. The standard InChI is InChI=1S/C16H13ClN2OS/c17-13-5-1-2-6-15(13)21(20)10-11-7-8-14(18)12-4-3-9-19-16(11)12/h1-9H,10,18H2. The Morgan fingerprint density at radius 1 is 1.10 bits per heavy atom. The molecule has 0 radical (unpaired) electrons. The van der Waals surface area contributed by atoms with Gasteiger partial charge in [-0.15, -0.1) is 0 Å². The normalized spacial score (nSPS) is 12.4. The molecule has 1 heterocycles. The Labute approximate surface area is 130 Å². The Bertz CT molecular complexity index is 835. The average molecular weight is 317 g/mol. The van der Waals surface area contributed by atoms with E-state index in [0.29, 0.717) is 21.4 Å². The van der Waals surface area contributed by atoms with E-state index in [9.17, 15) is 4.21 Å². The van der Waals surface area contributed by atoms with Crippen LogP contribution in [0, 0.1) is 0 Å². The van der Waals surface area contributed by atoms with Gasteiger partial charge in [0, 0.05) is 17.3 Å². The predicted octanol–water partition coefficient (Wildman–Crippen LogP) is 3.78. The highest BCUT2D eigenvalue weighted by Crippen LogP contribution is 2.26. The first-order valence-electron chi connectivity index (χ1n) is 6.42. The summed E-state index contributed by atoms with van der Waals surface area (Å²) < 4.78 is 12.5. The number of nitrogens with two attached hydrogens (primary N) is 1. The van der Waals surface area contributed by atoms with E-state index in [1.165, 1.54) is 0 Å². The summed E-state index contributed by atoms with van der Waals surface area (Å²) in [6.07, 6.45) is 1.71. The second-order valence-corrected chi connectivity index (χ2v) is 6.46. The molecule has 1 unspecified atom stereocenters. The quantitative estimate of drug-likeness (QED) is 0.748. The zero-order valence-corrected chi connectivity index (χ0v) is 12.7. The van der Waals surface area contributed by atoms with Crippen LogP contribution < -0.4 is 5.73 Å². The van der Waals surface area contributed by atoms with Gasteiger partial charge < -0.3 is 5.73 Å². The van der Waals surface area contributed by atoms with Crippen LogP contribution in [0.3, 0.4) is 0 Å². The molecule has 3 rings (SSSR count). The number of fused-ring (bicyclic) bond motifs is 1. The van der Waals surface area contributed by atoms with Crippen LogP contribution in [0.15, 0.2) is 59.6 Å². The van der Waals surface area contributed by atoms with Crippen molar-refractivity contribution in [3.63, 3.8) is 0 Å². The van der Waals surface area contributed by atoms with E-state index >= 15 is 0 Å². The average Bonchev–Trinajstić information content (AvgIpc) is 2.51. The molecule has 0 aliphatic rings. The van der Waals surface area contributed by atoms with Gasteiger partial charge >= 0.3 is 0 Å². The molecule has 0 bridgehead atoms. The fraction of sp³-hybridized carbons (Fsp3) is 0.0625. The van der Waals surface area contributed by atoms with Crippen LogP contribution >= 0.6 is 11.6 Å². The van der Waals surface area contributed by atoms with Gasteiger partial charge in [0.25, 0.3) is 0 Å². The predicted molar refractivity (Wildman–Crippen MR) is 87.7 cm³/mol. The first-order chi connectivity index (χ1) is 10.2. The SMILES string of the molecule is Nc1ccc(CS(=O)c2ccccc2Cl)c2ncccc12. The molecule has 5 heteroatoms. The number of anilines is 1. The minimum atomic E-state index is -1.22. The number of hydrogen-bond acceptors (Lipinski definition) is 3. The van der Waals surface area contributed by atoms with E-state index in [1.807, 2.05) is 36.4 Å². The Kier molecular flexibility index (Phi) is 3.90. The van der Waals surface area contributed by atoms with Crippen LogP contribution in [-0.2, 0) is 16.6 Å². The van der Waals surface area contributed by atoms with Crippen molar-refractivity contribution >= 4 is 39.0 Å². The van der Waals surface area contributed by atoms with E-state index in [1.54, 1.807) is 18.3 Å². The Balaban J connectivity index is 2.01. The molecule has 2 aromatic carbocycles. The molecule has 106 valence electrons. The summed E-state index contributed by atoms with van der Waals surface area (Å²) in [5.74, 6) is 0.359. The number of rotatable bonds is 3. The zero-order chi connectivity index (χ0) is 14.8. The van der Waals surface area contributed by atoms with Crippen molar-refractivity contribution < 1.29 is 4.21 Å². The Hall–Kier alpha value is -1.91. The highest BCUT2D eigenvalue weighted by atomic mass is 35.5. The number of aromatic nitrogens is 1. The van der Waals surface area contributed by atoms with Gasteiger partial charge in [0.05, 0.1) is 32.0 Å². The highest BCUT2D eigenvalue weighted by Gasteiger charge is 2.12. The fourth-order valence-corrected chi connectivity index (χ4v) is 3.80. The third kappa shape index (κ3) is 2.77. The minimum Gasteiger partial charge on any atom is -0.398 e. The lowest BCUT2D eigenvalue weighted by atomic mass is 10.1. The summed E-state index contributed by atoms with van der Waals surface area (Å²) in [5.41, 5.74) is 8.32. The van der Waals surface area contributed by atoms with Gasteiger partial charge in [0.1, 0.15) is 0 Å². The van der Waals surface area contributed by atoms with Crippen LogP contribution in [0.25, 0.3) is 10.9 Å². The number of nitrogens with zero attached hydrogens (tertiary/aromatic N) is 1. The number of pyridine rings is 1. The largest absolute Gasteiger partial charge is 0.398 e. The van der Waals surface area contributed by atoms with Crippen LogP contribution in [0.4, 0.5) is 5.69 Å². The van der Waals surface area contributed by atoms with Crippen LogP contribution in [-0.4, -0.2) is 9.19 Å². The summed E-state index contributed by atoms with van der Waals surface area (Å²) in [4.78, 5) is 5.00. The third-order valence-electron chi connectivity index (χ3n) is 3.26. The first-order valence-corrected chi connectivity index (χ1v) is 8.11. The van der Waals surface area contributed by atoms with Crippen molar-refractivity contribution in [1.29, 1.82) is 0 Å². The molecule has 1 aromatic heterocycles. The fourth-order valence-electron chi connectivity index (χ4n) is 2.22. The van der Waals surface area contributed by atoms with Gasteiger partial charge in [0.2, 0.25) is 0 Å². The molecule has 0 fully saturated rings. The van der Waals surface area contributed by atoms with Crippen molar-refractivity contribution in [2.75, 3.05) is 5.73 Å². The Morgan fingerprint density at radius 2 is 1.90 bits per heavy atom. The molecule has 0 aliphatic heterocycles. The summed E-state index contributed by atoms with van der Waals surface area (Å²) in [7, 11) is -1.22. The van der Waals surface area contributed by atoms with Crippen molar-refractivity contribution in [1.82, 2.24) is 4.98 Å². The van der Waals surface area contributed by atoms with Crippen LogP contribution in [0.5, 0.6) is 0 Å². The lowest BCUT2D eigenvalue weighted by Crippen LogP contribution is -2.00. The monoisotopic (exact) mass is 316 g/mol. The molecule has 0 spiro atoms. The van der Waals surface area contributed by atoms with Crippen molar-refractivity contribution in [3.8, 4) is 0 Å². The van der Waals surface area contributed by atoms with Crippen LogP contribution in [0.1, 0.15) is 5.56 Å². The van der Waals surface area contributed by atoms with E-state index in [4.69, 9.17) is 17.3 Å². The highest BCUT2D eigenvalue weighted by molar-refractivity contribution is 7.84. The maximum Gasteiger partial charge on any atom is 0.0764 e. The van der Waals surface area contributed by atoms with Gasteiger partial charge in [-0.3, -0.25) is 9.19 Å². The smallest absolute Gasteiger partial charge is 0.0764 e. The molecule has 21 heavy (non-hydrogen) atoms. The number of hydrogen-bond donors (Lipinski definition) is 1. The molecule has 0 saturated heterocycles. The van der Waals surface area contributed by atoms with Crippen molar-refractivity contribution in [2.45, 2.75) is 10.6 Å². The maximum absolute atomic E-state index is 12.5. The van der Waals surface area contributed by atoms with E-state index in [2.05, 4.69) is 4.98 Å². The van der Waals surface area contributed by atoms with E-state index in [0.717, 1.165) is 16.5 Å². The van der Waals surface area contributed by atoms with Gasteiger partial charge in [-0.05, 0) is 35.9 Å². The molecule has 3 aromatic rings. The molecular formula is C16H13ClN2OS. The lowest BCUT2D eigenvalue weighted by Gasteiger charge is -2.08. The summed E-state index contributed by atoms with van der Waals surface area (Å²) in [6.45, 7) is 0. The number of benzene rings is 2. The summed E-state index contributed by atoms with van der Waals surface area (Å²) >= 11 is 6.10. The van der Waals surface area contributed by atoms with E-state index < -0.39 is 10.8 Å². The van der Waals surface area contributed by atoms with Gasteiger partial charge in [-0.25, -0.2) is 0 Å². The molecule has 0 aliphatic carbocycles. The van der Waals surface area contributed by atoms with E-state index in [-0.39, 0.29) is 0 Å². The molecular weight excluding hydrogens is 304 g/mol.